The molecule has 5 nitrogen and oxygen atoms in total. The fraction of sp³-hybridized carbons (Fsp3) is 0.227. The van der Waals surface area contributed by atoms with Crippen LogP contribution < -0.4 is 29.1 Å². The van der Waals surface area contributed by atoms with Crippen molar-refractivity contribution >= 4 is 65.5 Å². The fourth-order valence-corrected chi connectivity index (χ4v) is 12.6. The van der Waals surface area contributed by atoms with E-state index in [-0.39, 0.29) is 5.41 Å². The predicted octanol–water partition coefficient (Wildman–Crippen LogP) is 8.57. The van der Waals surface area contributed by atoms with Gasteiger partial charge in [0.2, 0.25) is 5.69 Å². The van der Waals surface area contributed by atoms with Crippen molar-refractivity contribution in [3.05, 3.63) is 119 Å². The number of hydrogen-bond donors (Lipinski definition) is 0. The van der Waals surface area contributed by atoms with Gasteiger partial charge in [-0.05, 0) is 46.8 Å². The molecule has 1 atom stereocenters. The first-order valence-corrected chi connectivity index (χ1v) is 25.4. The van der Waals surface area contributed by atoms with E-state index in [4.69, 9.17) is 4.74 Å². The van der Waals surface area contributed by atoms with Crippen LogP contribution in [0.2, 0.25) is 39.3 Å². The van der Waals surface area contributed by atoms with Crippen molar-refractivity contribution < 1.29 is 13.9 Å². The third kappa shape index (κ3) is 2.99. The van der Waals surface area contributed by atoms with Crippen molar-refractivity contribution in [2.24, 2.45) is 0 Å². The lowest BCUT2D eigenvalue weighted by Crippen LogP contribution is -2.76. The molecule has 51 heavy (non-hydrogen) atoms. The second kappa shape index (κ2) is 8.38. The molecule has 7 aromatic rings. The predicted molar refractivity (Wildman–Crippen MR) is 211 cm³/mol. The molecule has 0 amide bonds. The summed E-state index contributed by atoms with van der Waals surface area (Å²) in [7, 11) is -3.52. The van der Waals surface area contributed by atoms with Gasteiger partial charge in [0.05, 0.1) is 38.9 Å². The van der Waals surface area contributed by atoms with Gasteiger partial charge in [0.25, 0.3) is 11.5 Å². The Morgan fingerprint density at radius 1 is 0.627 bits per heavy atom. The minimum Gasteiger partial charge on any atom is -0.404 e. The van der Waals surface area contributed by atoms with E-state index in [0.717, 1.165) is 11.6 Å². The topological polar surface area (TPSA) is 25.2 Å². The first-order chi connectivity index (χ1) is 24.3. The zero-order valence-electron chi connectivity index (χ0n) is 30.4. The number of hydrogen-bond acceptors (Lipinski definition) is 2. The van der Waals surface area contributed by atoms with Crippen molar-refractivity contribution in [1.82, 2.24) is 4.57 Å². The number of ether oxygens (including phenoxy) is 1. The summed E-state index contributed by atoms with van der Waals surface area (Å²) in [5, 5.41) is 5.44. The van der Waals surface area contributed by atoms with Crippen LogP contribution in [0.3, 0.4) is 0 Å². The monoisotopic (exact) mass is 696 g/mol. The molecular formula is C44H40N4OSi2+2. The first kappa shape index (κ1) is 28.7. The molecule has 5 aliphatic heterocycles. The molecule has 0 fully saturated rings. The van der Waals surface area contributed by atoms with E-state index in [9.17, 15) is 0 Å². The van der Waals surface area contributed by atoms with Crippen LogP contribution in [0.5, 0.6) is 11.6 Å². The smallest absolute Gasteiger partial charge is 0.378 e. The van der Waals surface area contributed by atoms with Gasteiger partial charge in [0.15, 0.2) is 11.4 Å². The molecular weight excluding hydrogens is 657 g/mol. The van der Waals surface area contributed by atoms with Crippen molar-refractivity contribution in [2.75, 3.05) is 4.90 Å². The summed E-state index contributed by atoms with van der Waals surface area (Å²) < 4.78 is 15.1. The molecule has 248 valence electrons. The Bertz CT molecular complexity index is 2850. The maximum absolute atomic E-state index is 7.21. The van der Waals surface area contributed by atoms with E-state index in [1.807, 2.05) is 0 Å². The number of benzene rings is 4. The molecule has 0 radical (unpaired) electrons. The van der Waals surface area contributed by atoms with Gasteiger partial charge in [0.1, 0.15) is 16.8 Å². The van der Waals surface area contributed by atoms with Gasteiger partial charge >= 0.3 is 11.5 Å². The fourth-order valence-electron chi connectivity index (χ4n) is 10.4. The van der Waals surface area contributed by atoms with Gasteiger partial charge < -0.3 is 9.30 Å². The number of aromatic nitrogens is 3. The Labute approximate surface area is 300 Å². The summed E-state index contributed by atoms with van der Waals surface area (Å²) in [6.45, 7) is 19.7. The average molecular weight is 697 g/mol. The maximum Gasteiger partial charge on any atom is 0.378 e. The van der Waals surface area contributed by atoms with Crippen molar-refractivity contribution in [1.29, 1.82) is 0 Å². The van der Waals surface area contributed by atoms with E-state index in [0.29, 0.717) is 0 Å². The molecule has 1 unspecified atom stereocenters. The van der Waals surface area contributed by atoms with Gasteiger partial charge in [-0.15, -0.1) is 9.13 Å². The molecule has 7 heteroatoms. The van der Waals surface area contributed by atoms with Crippen LogP contribution in [0.25, 0.3) is 38.9 Å². The Hall–Kier alpha value is -4.99. The van der Waals surface area contributed by atoms with Crippen LogP contribution in [0.4, 0.5) is 17.2 Å². The maximum atomic E-state index is 7.21. The molecule has 12 rings (SSSR count). The highest BCUT2D eigenvalue weighted by molar-refractivity contribution is 6.89. The summed E-state index contributed by atoms with van der Waals surface area (Å²) in [4.78, 5) is 2.64. The van der Waals surface area contributed by atoms with Gasteiger partial charge in [0, 0.05) is 39.4 Å². The van der Waals surface area contributed by atoms with E-state index in [2.05, 4.69) is 169 Å². The standard InChI is InChI=1S/C44H40N4OSi2/c1-43(2)29-14-10-12-16-32(29)46-37-23-25(50(3,4)5)21-34-35-22-26(51(6,7)8)24-38-48(35)44(47(34)37)39-33(19-18-30(43)42(39)46)45-31-15-11-9-13-27(31)28-17-20-36(49-38)40(44)41(28)45/h9-24H,1-8H3/q+2. The average Bonchev–Trinajstić information content (AvgIpc) is 3.59. The van der Waals surface area contributed by atoms with Gasteiger partial charge in [-0.2, -0.15) is 4.90 Å². The Morgan fingerprint density at radius 3 is 2.12 bits per heavy atom. The lowest BCUT2D eigenvalue weighted by molar-refractivity contribution is -0.936. The Morgan fingerprint density at radius 2 is 1.33 bits per heavy atom. The highest BCUT2D eigenvalue weighted by Gasteiger charge is 2.73. The Kier molecular flexibility index (Phi) is 4.71. The third-order valence-electron chi connectivity index (χ3n) is 12.8. The molecule has 8 heterocycles. The largest absolute Gasteiger partial charge is 0.404 e. The number of rotatable bonds is 2. The zero-order chi connectivity index (χ0) is 34.7. The van der Waals surface area contributed by atoms with Crippen LogP contribution in [0.1, 0.15) is 36.1 Å². The number of para-hydroxylation sites is 2. The molecule has 5 aliphatic rings. The third-order valence-corrected chi connectivity index (χ3v) is 16.8. The second-order valence-electron chi connectivity index (χ2n) is 17.9. The van der Waals surface area contributed by atoms with Crippen molar-refractivity contribution in [3.63, 3.8) is 0 Å². The van der Waals surface area contributed by atoms with Gasteiger partial charge in [-0.1, -0.05) is 95.6 Å². The van der Waals surface area contributed by atoms with Crippen LogP contribution >= 0.6 is 0 Å². The highest BCUT2D eigenvalue weighted by atomic mass is 28.3. The number of nitrogens with zero attached hydrogens (tertiary/aromatic N) is 4. The normalized spacial score (nSPS) is 18.9. The highest BCUT2D eigenvalue weighted by Crippen LogP contribution is 2.63. The SMILES string of the molecule is CC1(C)c2ccccc2N2c3c1ccc1c3C34c5c(ccc6c7ccccc7n-1c56)Oc1cc([Si](C)(C)C)cc([n+]13)-c1cc([Si](C)(C)C)cc2[n+]14. The van der Waals surface area contributed by atoms with Crippen LogP contribution in [-0.2, 0) is 11.1 Å². The molecule has 0 N–H and O–H groups in total. The number of pyridine rings is 2. The minimum atomic E-state index is -1.78. The summed E-state index contributed by atoms with van der Waals surface area (Å²) in [6, 6.07) is 37.5. The number of anilines is 3. The zero-order valence-corrected chi connectivity index (χ0v) is 32.4. The molecule has 0 saturated carbocycles. The lowest BCUT2D eigenvalue weighted by Gasteiger charge is -2.45. The van der Waals surface area contributed by atoms with E-state index in [1.165, 1.54) is 88.7 Å². The first-order valence-electron chi connectivity index (χ1n) is 18.4. The lowest BCUT2D eigenvalue weighted by atomic mass is 9.69. The molecule has 0 aliphatic carbocycles. The van der Waals surface area contributed by atoms with Crippen molar-refractivity contribution in [2.45, 2.75) is 64.2 Å². The van der Waals surface area contributed by atoms with Crippen LogP contribution in [0.15, 0.2) is 97.1 Å². The molecule has 0 bridgehead atoms. The molecule has 4 aromatic carbocycles. The molecule has 1 spiro atoms. The number of fused-ring (bicyclic) bond motifs is 8. The summed E-state index contributed by atoms with van der Waals surface area (Å²) in [5.74, 6) is 3.15. The summed E-state index contributed by atoms with van der Waals surface area (Å²) in [5.41, 5.74) is 13.4. The molecule has 3 aromatic heterocycles. The van der Waals surface area contributed by atoms with Crippen molar-refractivity contribution in [3.8, 4) is 28.7 Å². The quantitative estimate of drug-likeness (QED) is 0.134. The second-order valence-corrected chi connectivity index (χ2v) is 28.1. The Balaban J connectivity index is 1.40. The van der Waals surface area contributed by atoms with Gasteiger partial charge in [-0.25, -0.2) is 0 Å². The minimum absolute atomic E-state index is 0.203. The van der Waals surface area contributed by atoms with Crippen LogP contribution in [-0.4, -0.2) is 20.7 Å². The van der Waals surface area contributed by atoms with E-state index >= 15 is 0 Å². The summed E-state index contributed by atoms with van der Waals surface area (Å²) in [6.07, 6.45) is 0. The summed E-state index contributed by atoms with van der Waals surface area (Å²) >= 11 is 0. The van der Waals surface area contributed by atoms with E-state index in [1.54, 1.807) is 0 Å². The van der Waals surface area contributed by atoms with E-state index < -0.39 is 21.8 Å². The van der Waals surface area contributed by atoms with Crippen LogP contribution in [0, 0.1) is 0 Å². The van der Waals surface area contributed by atoms with Gasteiger partial charge in [-0.3, -0.25) is 0 Å². The molecule has 0 saturated heterocycles.